The summed E-state index contributed by atoms with van der Waals surface area (Å²) in [5.74, 6) is 0.642. The van der Waals surface area contributed by atoms with Crippen molar-refractivity contribution < 1.29 is 9.53 Å². The van der Waals surface area contributed by atoms with Crippen LogP contribution in [0, 0.1) is 0 Å². The molecule has 1 heterocycles. The number of amides is 1. The molecule has 3 rings (SSSR count). The number of carbonyl (C=O) groups is 1. The Labute approximate surface area is 128 Å². The van der Waals surface area contributed by atoms with E-state index in [0.717, 1.165) is 22.2 Å². The minimum absolute atomic E-state index is 0.131. The fraction of sp³-hybridized carbons (Fsp3) is 0.118. The number of carbonyl (C=O) groups excluding carboxylic acids is 1. The molecular formula is C17H15N3O2. The minimum atomic E-state index is -0.131. The summed E-state index contributed by atoms with van der Waals surface area (Å²) in [6, 6.07) is 13.0. The van der Waals surface area contributed by atoms with Crippen molar-refractivity contribution in [1.29, 1.82) is 0 Å². The molecule has 0 aliphatic rings. The Morgan fingerprint density at radius 3 is 3.00 bits per heavy atom. The highest BCUT2D eigenvalue weighted by molar-refractivity contribution is 5.97. The standard InChI is InChI=1S/C17H15N3O2/c1-22-15-4-2-3-12(7-15)9-19-17(21)13-5-6-16-14(8-13)10-18-11-20-16/h2-8,10-11H,9H2,1H3,(H,19,21). The van der Waals surface area contributed by atoms with Gasteiger partial charge < -0.3 is 10.1 Å². The van der Waals surface area contributed by atoms with Crippen LogP contribution in [0.1, 0.15) is 15.9 Å². The zero-order chi connectivity index (χ0) is 15.4. The third kappa shape index (κ3) is 3.03. The van der Waals surface area contributed by atoms with E-state index in [1.165, 1.54) is 6.33 Å². The number of aromatic nitrogens is 2. The molecule has 0 aliphatic heterocycles. The molecule has 1 aromatic heterocycles. The summed E-state index contributed by atoms with van der Waals surface area (Å²) in [7, 11) is 1.62. The van der Waals surface area contributed by atoms with Crippen molar-refractivity contribution in [2.24, 2.45) is 0 Å². The maximum absolute atomic E-state index is 12.2. The molecular weight excluding hydrogens is 278 g/mol. The molecule has 0 aliphatic carbocycles. The van der Waals surface area contributed by atoms with Gasteiger partial charge in [0.1, 0.15) is 12.1 Å². The number of hydrogen-bond donors (Lipinski definition) is 1. The highest BCUT2D eigenvalue weighted by atomic mass is 16.5. The number of rotatable bonds is 4. The first-order valence-corrected chi connectivity index (χ1v) is 6.87. The maximum atomic E-state index is 12.2. The van der Waals surface area contributed by atoms with E-state index in [0.29, 0.717) is 12.1 Å². The average Bonchev–Trinajstić information content (AvgIpc) is 2.59. The van der Waals surface area contributed by atoms with Crippen molar-refractivity contribution in [3.8, 4) is 5.75 Å². The molecule has 0 bridgehead atoms. The van der Waals surface area contributed by atoms with Gasteiger partial charge in [-0.05, 0) is 35.9 Å². The molecule has 1 amide bonds. The van der Waals surface area contributed by atoms with Crippen molar-refractivity contribution in [1.82, 2.24) is 15.3 Å². The van der Waals surface area contributed by atoms with E-state index in [1.807, 2.05) is 30.3 Å². The van der Waals surface area contributed by atoms with Gasteiger partial charge in [-0.3, -0.25) is 4.79 Å². The highest BCUT2D eigenvalue weighted by Gasteiger charge is 2.07. The molecule has 2 aromatic carbocycles. The monoisotopic (exact) mass is 293 g/mol. The first kappa shape index (κ1) is 14.0. The average molecular weight is 293 g/mol. The lowest BCUT2D eigenvalue weighted by molar-refractivity contribution is 0.0951. The number of nitrogens with zero attached hydrogens (tertiary/aromatic N) is 2. The number of ether oxygens (including phenoxy) is 1. The van der Waals surface area contributed by atoms with Gasteiger partial charge in [0.2, 0.25) is 0 Å². The molecule has 22 heavy (non-hydrogen) atoms. The Balaban J connectivity index is 1.72. The van der Waals surface area contributed by atoms with Gasteiger partial charge in [-0.15, -0.1) is 0 Å². The smallest absolute Gasteiger partial charge is 0.251 e. The molecule has 0 radical (unpaired) electrons. The largest absolute Gasteiger partial charge is 0.497 e. The van der Waals surface area contributed by atoms with Crippen molar-refractivity contribution in [2.45, 2.75) is 6.54 Å². The van der Waals surface area contributed by atoms with Crippen LogP contribution < -0.4 is 10.1 Å². The lowest BCUT2D eigenvalue weighted by Gasteiger charge is -2.07. The highest BCUT2D eigenvalue weighted by Crippen LogP contribution is 2.14. The lowest BCUT2D eigenvalue weighted by Crippen LogP contribution is -2.22. The van der Waals surface area contributed by atoms with E-state index < -0.39 is 0 Å². The zero-order valence-corrected chi connectivity index (χ0v) is 12.1. The summed E-state index contributed by atoms with van der Waals surface area (Å²) in [4.78, 5) is 20.3. The number of methoxy groups -OCH3 is 1. The second-order valence-corrected chi connectivity index (χ2v) is 4.83. The Bertz CT molecular complexity index is 818. The van der Waals surface area contributed by atoms with E-state index >= 15 is 0 Å². The predicted octanol–water partition coefficient (Wildman–Crippen LogP) is 2.57. The maximum Gasteiger partial charge on any atom is 0.251 e. The van der Waals surface area contributed by atoms with Crippen molar-refractivity contribution >= 4 is 16.8 Å². The van der Waals surface area contributed by atoms with Crippen LogP contribution in [0.3, 0.4) is 0 Å². The van der Waals surface area contributed by atoms with Crippen LogP contribution in [0.5, 0.6) is 5.75 Å². The van der Waals surface area contributed by atoms with Crippen molar-refractivity contribution in [2.75, 3.05) is 7.11 Å². The Hall–Kier alpha value is -2.95. The van der Waals surface area contributed by atoms with Crippen LogP contribution in [0.2, 0.25) is 0 Å². The fourth-order valence-electron chi connectivity index (χ4n) is 2.19. The molecule has 0 spiro atoms. The summed E-state index contributed by atoms with van der Waals surface area (Å²) in [5, 5.41) is 3.74. The predicted molar refractivity (Wildman–Crippen MR) is 83.7 cm³/mol. The number of benzene rings is 2. The van der Waals surface area contributed by atoms with E-state index in [4.69, 9.17) is 4.74 Å². The van der Waals surface area contributed by atoms with E-state index in [2.05, 4.69) is 15.3 Å². The summed E-state index contributed by atoms with van der Waals surface area (Å²) in [6.07, 6.45) is 3.19. The topological polar surface area (TPSA) is 64.1 Å². The summed E-state index contributed by atoms with van der Waals surface area (Å²) in [5.41, 5.74) is 2.39. The molecule has 0 saturated carbocycles. The zero-order valence-electron chi connectivity index (χ0n) is 12.1. The van der Waals surface area contributed by atoms with Gasteiger partial charge in [0, 0.05) is 23.7 Å². The van der Waals surface area contributed by atoms with Crippen LogP contribution in [-0.4, -0.2) is 23.0 Å². The SMILES string of the molecule is COc1cccc(CNC(=O)c2ccc3ncncc3c2)c1. The fourth-order valence-corrected chi connectivity index (χ4v) is 2.19. The van der Waals surface area contributed by atoms with Gasteiger partial charge in [-0.2, -0.15) is 0 Å². The molecule has 5 nitrogen and oxygen atoms in total. The molecule has 0 atom stereocenters. The lowest BCUT2D eigenvalue weighted by atomic mass is 10.1. The summed E-state index contributed by atoms with van der Waals surface area (Å²) in [6.45, 7) is 0.444. The second kappa shape index (κ2) is 6.22. The number of nitrogens with one attached hydrogen (secondary N) is 1. The van der Waals surface area contributed by atoms with E-state index in [9.17, 15) is 4.79 Å². The third-order valence-corrected chi connectivity index (χ3v) is 3.35. The van der Waals surface area contributed by atoms with E-state index in [1.54, 1.807) is 25.4 Å². The second-order valence-electron chi connectivity index (χ2n) is 4.83. The normalized spacial score (nSPS) is 10.4. The van der Waals surface area contributed by atoms with E-state index in [-0.39, 0.29) is 5.91 Å². The molecule has 0 saturated heterocycles. The van der Waals surface area contributed by atoms with Gasteiger partial charge in [0.15, 0.2) is 0 Å². The van der Waals surface area contributed by atoms with Gasteiger partial charge >= 0.3 is 0 Å². The third-order valence-electron chi connectivity index (χ3n) is 3.35. The first-order valence-electron chi connectivity index (χ1n) is 6.87. The molecule has 3 aromatic rings. The Morgan fingerprint density at radius 2 is 2.14 bits per heavy atom. The quantitative estimate of drug-likeness (QED) is 0.803. The van der Waals surface area contributed by atoms with Crippen molar-refractivity contribution in [3.05, 3.63) is 66.1 Å². The summed E-state index contributed by atoms with van der Waals surface area (Å²) >= 11 is 0. The van der Waals surface area contributed by atoms with Crippen molar-refractivity contribution in [3.63, 3.8) is 0 Å². The Kier molecular flexibility index (Phi) is 3.96. The molecule has 1 N–H and O–H groups in total. The van der Waals surface area contributed by atoms with Gasteiger partial charge in [0.25, 0.3) is 5.91 Å². The number of hydrogen-bond acceptors (Lipinski definition) is 4. The molecule has 0 unspecified atom stereocenters. The van der Waals surface area contributed by atoms with Crippen LogP contribution in [-0.2, 0) is 6.54 Å². The molecule has 0 fully saturated rings. The van der Waals surface area contributed by atoms with Crippen LogP contribution in [0.15, 0.2) is 55.0 Å². The molecule has 110 valence electrons. The van der Waals surface area contributed by atoms with Crippen LogP contribution in [0.25, 0.3) is 10.9 Å². The number of fused-ring (bicyclic) bond motifs is 1. The minimum Gasteiger partial charge on any atom is -0.497 e. The Morgan fingerprint density at radius 1 is 1.23 bits per heavy atom. The van der Waals surface area contributed by atoms with Gasteiger partial charge in [-0.25, -0.2) is 9.97 Å². The molecule has 5 heteroatoms. The first-order chi connectivity index (χ1) is 10.8. The van der Waals surface area contributed by atoms with Gasteiger partial charge in [-0.1, -0.05) is 12.1 Å². The van der Waals surface area contributed by atoms with Gasteiger partial charge in [0.05, 0.1) is 12.6 Å². The van der Waals surface area contributed by atoms with Crippen LogP contribution in [0.4, 0.5) is 0 Å². The van der Waals surface area contributed by atoms with Crippen LogP contribution >= 0.6 is 0 Å². The summed E-state index contributed by atoms with van der Waals surface area (Å²) < 4.78 is 5.17.